The van der Waals surface area contributed by atoms with Gasteiger partial charge in [-0.15, -0.1) is 17.3 Å². The van der Waals surface area contributed by atoms with Crippen molar-refractivity contribution in [1.82, 2.24) is 9.97 Å². The van der Waals surface area contributed by atoms with Crippen molar-refractivity contribution in [3.05, 3.63) is 54.4 Å². The van der Waals surface area contributed by atoms with Gasteiger partial charge in [0.2, 0.25) is 0 Å². The standard InChI is InChI=1S/C15H13N2OS.C4H10O.Y/c1-18-13-4-2-11(3-5-13)10-19-15-8-12-6-7-16-14(12)9-17-15;1-4(2,3)5;/h2-9H,10H2,1H3;5H,1-3H3;/q-1;;. The van der Waals surface area contributed by atoms with Gasteiger partial charge < -0.3 is 14.8 Å². The Bertz CT molecular complexity index is 761. The Kier molecular flexibility index (Phi) is 9.15. The van der Waals surface area contributed by atoms with Crippen LogP contribution in [0.15, 0.2) is 53.8 Å². The molecule has 131 valence electrons. The van der Waals surface area contributed by atoms with Crippen molar-refractivity contribution in [2.24, 2.45) is 0 Å². The molecule has 1 N–H and O–H groups in total. The molecule has 0 atom stereocenters. The maximum Gasteiger partial charge on any atom is 0.118 e. The summed E-state index contributed by atoms with van der Waals surface area (Å²) in [7, 11) is 1.68. The first-order valence-corrected chi connectivity index (χ1v) is 8.69. The van der Waals surface area contributed by atoms with Crippen molar-refractivity contribution in [3.8, 4) is 5.75 Å². The first kappa shape index (κ1) is 22.2. The van der Waals surface area contributed by atoms with Gasteiger partial charge in [-0.25, -0.2) is 0 Å². The molecule has 3 aromatic rings. The van der Waals surface area contributed by atoms with Crippen LogP contribution in [0.2, 0.25) is 0 Å². The summed E-state index contributed by atoms with van der Waals surface area (Å²) in [5.41, 5.74) is 1.71. The number of pyridine rings is 1. The van der Waals surface area contributed by atoms with Crippen LogP contribution in [0.5, 0.6) is 5.75 Å². The van der Waals surface area contributed by atoms with Gasteiger partial charge in [0.1, 0.15) is 5.75 Å². The fourth-order valence-electron chi connectivity index (χ4n) is 1.84. The van der Waals surface area contributed by atoms with E-state index < -0.39 is 5.60 Å². The van der Waals surface area contributed by atoms with Crippen LogP contribution in [0, 0.1) is 0 Å². The Hall–Kier alpha value is -0.876. The Labute approximate surface area is 178 Å². The van der Waals surface area contributed by atoms with E-state index in [1.54, 1.807) is 39.6 Å². The maximum absolute atomic E-state index is 8.52. The Morgan fingerprint density at radius 2 is 1.80 bits per heavy atom. The van der Waals surface area contributed by atoms with Gasteiger partial charge in [0, 0.05) is 44.7 Å². The normalized spacial score (nSPS) is 10.6. The van der Waals surface area contributed by atoms with Crippen LogP contribution in [0.25, 0.3) is 10.9 Å². The first-order chi connectivity index (χ1) is 11.3. The van der Waals surface area contributed by atoms with Crippen LogP contribution >= 0.6 is 11.8 Å². The average molecular weight is 432 g/mol. The Morgan fingerprint density at radius 1 is 1.16 bits per heavy atom. The summed E-state index contributed by atoms with van der Waals surface area (Å²) in [6, 6.07) is 12.2. The van der Waals surface area contributed by atoms with Crippen molar-refractivity contribution in [1.29, 1.82) is 0 Å². The fourth-order valence-corrected chi connectivity index (χ4v) is 2.69. The number of hydrogen-bond donors (Lipinski definition) is 1. The van der Waals surface area contributed by atoms with Crippen molar-refractivity contribution >= 4 is 22.7 Å². The SMILES string of the molecule is CC(C)(C)O.COc1ccc(CSc2cc3cc[n-]c3cn2)cc1.[Y]. The van der Waals surface area contributed by atoms with E-state index in [4.69, 9.17) is 9.84 Å². The smallest absolute Gasteiger partial charge is 0.118 e. The van der Waals surface area contributed by atoms with Crippen LogP contribution in [-0.4, -0.2) is 22.8 Å². The minimum atomic E-state index is -0.500. The third-order valence-electron chi connectivity index (χ3n) is 2.90. The summed E-state index contributed by atoms with van der Waals surface area (Å²) in [5, 5.41) is 10.7. The van der Waals surface area contributed by atoms with E-state index in [9.17, 15) is 0 Å². The van der Waals surface area contributed by atoms with Crippen LogP contribution in [0.3, 0.4) is 0 Å². The minimum absolute atomic E-state index is 0. The third-order valence-corrected chi connectivity index (χ3v) is 3.90. The second-order valence-electron chi connectivity index (χ2n) is 6.33. The number of fused-ring (bicyclic) bond motifs is 1. The van der Waals surface area contributed by atoms with Gasteiger partial charge in [-0.2, -0.15) is 6.20 Å². The van der Waals surface area contributed by atoms with E-state index in [0.717, 1.165) is 27.4 Å². The molecule has 4 nitrogen and oxygen atoms in total. The summed E-state index contributed by atoms with van der Waals surface area (Å²) >= 11 is 1.73. The minimum Gasteiger partial charge on any atom is -0.662 e. The maximum atomic E-state index is 8.52. The molecule has 0 aliphatic heterocycles. The number of benzene rings is 1. The summed E-state index contributed by atoms with van der Waals surface area (Å²) in [6.07, 6.45) is 3.63. The van der Waals surface area contributed by atoms with Crippen LogP contribution < -0.4 is 9.72 Å². The van der Waals surface area contributed by atoms with Crippen molar-refractivity contribution in [2.75, 3.05) is 7.11 Å². The number of rotatable bonds is 4. The number of hydrogen-bond acceptors (Lipinski definition) is 4. The van der Waals surface area contributed by atoms with Gasteiger partial charge in [-0.05, 0) is 49.9 Å². The third kappa shape index (κ3) is 8.36. The fraction of sp³-hybridized carbons (Fsp3) is 0.316. The molecule has 0 saturated heterocycles. The summed E-state index contributed by atoms with van der Waals surface area (Å²) in [6.45, 7) is 5.23. The van der Waals surface area contributed by atoms with Gasteiger partial charge in [0.25, 0.3) is 0 Å². The molecule has 0 saturated carbocycles. The monoisotopic (exact) mass is 432 g/mol. The largest absolute Gasteiger partial charge is 0.662 e. The van der Waals surface area contributed by atoms with Crippen molar-refractivity contribution in [3.63, 3.8) is 0 Å². The van der Waals surface area contributed by atoms with Crippen LogP contribution in [0.4, 0.5) is 0 Å². The predicted molar refractivity (Wildman–Crippen MR) is 99.6 cm³/mol. The number of aliphatic hydroxyl groups is 1. The molecular formula is C19H23N2O2SY-. The van der Waals surface area contributed by atoms with E-state index in [-0.39, 0.29) is 32.7 Å². The summed E-state index contributed by atoms with van der Waals surface area (Å²) in [5.74, 6) is 1.78. The molecule has 1 radical (unpaired) electrons. The van der Waals surface area contributed by atoms with Gasteiger partial charge in [0.05, 0.1) is 17.7 Å². The quantitative estimate of drug-likeness (QED) is 0.625. The molecule has 0 unspecified atom stereocenters. The van der Waals surface area contributed by atoms with Gasteiger partial charge in [-0.3, -0.25) is 4.98 Å². The molecule has 2 aromatic heterocycles. The molecule has 0 spiro atoms. The molecule has 0 fully saturated rings. The van der Waals surface area contributed by atoms with Crippen molar-refractivity contribution < 1.29 is 42.6 Å². The van der Waals surface area contributed by atoms with E-state index in [1.165, 1.54) is 5.56 Å². The zero-order valence-electron chi connectivity index (χ0n) is 15.1. The van der Waals surface area contributed by atoms with E-state index in [1.807, 2.05) is 30.6 Å². The van der Waals surface area contributed by atoms with E-state index in [2.05, 4.69) is 28.2 Å². The summed E-state index contributed by atoms with van der Waals surface area (Å²) < 4.78 is 5.15. The number of aromatic nitrogens is 2. The average Bonchev–Trinajstić information content (AvgIpc) is 2.99. The second-order valence-corrected chi connectivity index (χ2v) is 7.33. The molecule has 2 heterocycles. The molecule has 0 amide bonds. The number of nitrogens with zero attached hydrogens (tertiary/aromatic N) is 2. The van der Waals surface area contributed by atoms with Gasteiger partial charge in [0.15, 0.2) is 0 Å². The summed E-state index contributed by atoms with van der Waals surface area (Å²) in [4.78, 5) is 8.62. The van der Waals surface area contributed by atoms with Gasteiger partial charge in [-0.1, -0.05) is 18.2 Å². The molecule has 0 bridgehead atoms. The molecule has 0 aliphatic rings. The molecule has 25 heavy (non-hydrogen) atoms. The van der Waals surface area contributed by atoms with Gasteiger partial charge >= 0.3 is 0 Å². The molecule has 0 aliphatic carbocycles. The molecule has 1 aromatic carbocycles. The van der Waals surface area contributed by atoms with E-state index >= 15 is 0 Å². The predicted octanol–water partition coefficient (Wildman–Crippen LogP) is 4.27. The zero-order chi connectivity index (χ0) is 17.6. The van der Waals surface area contributed by atoms with Crippen LogP contribution in [0.1, 0.15) is 26.3 Å². The van der Waals surface area contributed by atoms with Crippen molar-refractivity contribution in [2.45, 2.75) is 37.2 Å². The second kappa shape index (κ2) is 10.3. The zero-order valence-corrected chi connectivity index (χ0v) is 18.7. The first-order valence-electron chi connectivity index (χ1n) is 7.71. The number of methoxy groups -OCH3 is 1. The molecular weight excluding hydrogens is 409 g/mol. The van der Waals surface area contributed by atoms with E-state index in [0.29, 0.717) is 0 Å². The van der Waals surface area contributed by atoms with Crippen LogP contribution in [-0.2, 0) is 38.5 Å². The molecule has 6 heteroatoms. The molecule has 3 rings (SSSR count). The number of ether oxygens (including phenoxy) is 1. The Morgan fingerprint density at radius 3 is 2.40 bits per heavy atom. The topological polar surface area (TPSA) is 56.5 Å². The Balaban J connectivity index is 0.000000462. The number of thioether (sulfide) groups is 1.